The molecule has 112 valence electrons. The Labute approximate surface area is 120 Å². The molecule has 1 aromatic rings. The van der Waals surface area contributed by atoms with Gasteiger partial charge < -0.3 is 15.2 Å². The van der Waals surface area contributed by atoms with E-state index in [0.717, 1.165) is 31.2 Å². The molecule has 1 aliphatic carbocycles. The van der Waals surface area contributed by atoms with Crippen molar-refractivity contribution in [3.63, 3.8) is 0 Å². The minimum absolute atomic E-state index is 0.229. The lowest BCUT2D eigenvalue weighted by Crippen LogP contribution is -2.40. The van der Waals surface area contributed by atoms with Crippen LogP contribution in [0.5, 0.6) is 5.75 Å². The number of hydrogen-bond acceptors (Lipinski definition) is 3. The van der Waals surface area contributed by atoms with Gasteiger partial charge in [-0.25, -0.2) is 4.39 Å². The number of benzene rings is 1. The van der Waals surface area contributed by atoms with E-state index < -0.39 is 0 Å². The zero-order valence-electron chi connectivity index (χ0n) is 12.2. The first-order valence-electron chi connectivity index (χ1n) is 7.35. The van der Waals surface area contributed by atoms with Crippen LogP contribution in [0.25, 0.3) is 0 Å². The molecule has 20 heavy (non-hydrogen) atoms. The first kappa shape index (κ1) is 15.3. The van der Waals surface area contributed by atoms with Crippen LogP contribution in [0.15, 0.2) is 18.2 Å². The third-order valence-corrected chi connectivity index (χ3v) is 4.15. The van der Waals surface area contributed by atoms with Gasteiger partial charge in [0.25, 0.3) is 0 Å². The molecule has 1 aliphatic rings. The Morgan fingerprint density at radius 3 is 2.45 bits per heavy atom. The van der Waals surface area contributed by atoms with Crippen molar-refractivity contribution in [3.05, 3.63) is 29.6 Å². The van der Waals surface area contributed by atoms with Gasteiger partial charge in [-0.1, -0.05) is 31.7 Å². The first-order chi connectivity index (χ1) is 9.69. The molecule has 4 heteroatoms. The van der Waals surface area contributed by atoms with Crippen molar-refractivity contribution < 1.29 is 13.9 Å². The predicted octanol–water partition coefficient (Wildman–Crippen LogP) is 3.40. The molecule has 2 N–H and O–H groups in total. The van der Waals surface area contributed by atoms with Crippen molar-refractivity contribution in [2.75, 3.05) is 13.7 Å². The molecule has 1 saturated carbocycles. The Hall–Kier alpha value is -1.13. The molecule has 0 heterocycles. The van der Waals surface area contributed by atoms with Crippen molar-refractivity contribution in [1.82, 2.24) is 0 Å². The molecule has 0 unspecified atom stereocenters. The molecular weight excluding hydrogens is 257 g/mol. The van der Waals surface area contributed by atoms with Crippen LogP contribution in [0.4, 0.5) is 4.39 Å². The predicted molar refractivity (Wildman–Crippen MR) is 77.2 cm³/mol. The van der Waals surface area contributed by atoms with Crippen LogP contribution in [0.1, 0.15) is 44.1 Å². The van der Waals surface area contributed by atoms with E-state index in [0.29, 0.717) is 13.2 Å². The normalized spacial score (nSPS) is 18.6. The summed E-state index contributed by atoms with van der Waals surface area (Å²) in [6.45, 7) is 0.934. The quantitative estimate of drug-likeness (QED) is 0.841. The maximum absolute atomic E-state index is 13.7. The highest BCUT2D eigenvalue weighted by molar-refractivity contribution is 5.28. The van der Waals surface area contributed by atoms with E-state index in [1.807, 2.05) is 6.07 Å². The Morgan fingerprint density at radius 2 is 1.90 bits per heavy atom. The summed E-state index contributed by atoms with van der Waals surface area (Å²) in [6.07, 6.45) is 6.83. The fraction of sp³-hybridized carbons (Fsp3) is 0.625. The molecule has 1 aromatic carbocycles. The second kappa shape index (κ2) is 7.04. The fourth-order valence-electron chi connectivity index (χ4n) is 2.82. The summed E-state index contributed by atoms with van der Waals surface area (Å²) < 4.78 is 24.7. The standard InChI is InChI=1S/C16H24FNO2/c1-19-15-7-6-13(10-14(15)17)11-20-16(12-18)8-4-2-3-5-9-16/h6-7,10H,2-5,8-9,11-12,18H2,1H3. The highest BCUT2D eigenvalue weighted by Gasteiger charge is 2.30. The minimum Gasteiger partial charge on any atom is -0.494 e. The van der Waals surface area contributed by atoms with Crippen LogP contribution >= 0.6 is 0 Å². The molecule has 0 aromatic heterocycles. The van der Waals surface area contributed by atoms with Crippen molar-refractivity contribution in [2.45, 2.75) is 50.7 Å². The Kier molecular flexibility index (Phi) is 5.38. The van der Waals surface area contributed by atoms with Crippen LogP contribution < -0.4 is 10.5 Å². The van der Waals surface area contributed by atoms with E-state index in [-0.39, 0.29) is 17.2 Å². The van der Waals surface area contributed by atoms with Gasteiger partial charge in [-0.2, -0.15) is 0 Å². The van der Waals surface area contributed by atoms with Crippen molar-refractivity contribution in [3.8, 4) is 5.75 Å². The monoisotopic (exact) mass is 281 g/mol. The highest BCUT2D eigenvalue weighted by atomic mass is 19.1. The largest absolute Gasteiger partial charge is 0.494 e. The second-order valence-electron chi connectivity index (χ2n) is 5.56. The van der Waals surface area contributed by atoms with E-state index >= 15 is 0 Å². The van der Waals surface area contributed by atoms with Gasteiger partial charge in [0.15, 0.2) is 11.6 Å². The molecule has 0 radical (unpaired) electrons. The van der Waals surface area contributed by atoms with E-state index in [1.54, 1.807) is 6.07 Å². The number of methoxy groups -OCH3 is 1. The molecule has 3 nitrogen and oxygen atoms in total. The average Bonchev–Trinajstić information content (AvgIpc) is 2.71. The molecule has 1 fully saturated rings. The summed E-state index contributed by atoms with van der Waals surface area (Å²) in [4.78, 5) is 0. The molecule has 0 atom stereocenters. The van der Waals surface area contributed by atoms with Gasteiger partial charge in [-0.3, -0.25) is 0 Å². The minimum atomic E-state index is -0.351. The molecule has 0 saturated heterocycles. The van der Waals surface area contributed by atoms with E-state index in [4.69, 9.17) is 15.2 Å². The summed E-state index contributed by atoms with van der Waals surface area (Å²) in [5.74, 6) is -0.0898. The van der Waals surface area contributed by atoms with Crippen LogP contribution in [-0.4, -0.2) is 19.3 Å². The summed E-state index contributed by atoms with van der Waals surface area (Å²) in [5.41, 5.74) is 6.52. The van der Waals surface area contributed by atoms with Crippen molar-refractivity contribution in [1.29, 1.82) is 0 Å². The molecule has 0 amide bonds. The fourth-order valence-corrected chi connectivity index (χ4v) is 2.82. The van der Waals surface area contributed by atoms with E-state index in [2.05, 4.69) is 0 Å². The summed E-state index contributed by atoms with van der Waals surface area (Å²) >= 11 is 0. The average molecular weight is 281 g/mol. The van der Waals surface area contributed by atoms with Gasteiger partial charge in [0, 0.05) is 6.54 Å². The molecule has 0 aliphatic heterocycles. The molecule has 2 rings (SSSR count). The molecule has 0 bridgehead atoms. The first-order valence-corrected chi connectivity index (χ1v) is 7.35. The summed E-state index contributed by atoms with van der Waals surface area (Å²) in [5, 5.41) is 0. The van der Waals surface area contributed by atoms with Gasteiger partial charge in [-0.05, 0) is 30.5 Å². The van der Waals surface area contributed by atoms with Gasteiger partial charge in [0.1, 0.15) is 0 Å². The zero-order chi connectivity index (χ0) is 14.4. The lowest BCUT2D eigenvalue weighted by Gasteiger charge is -2.31. The lowest BCUT2D eigenvalue weighted by molar-refractivity contribution is -0.0602. The number of nitrogens with two attached hydrogens (primary N) is 1. The third-order valence-electron chi connectivity index (χ3n) is 4.15. The van der Waals surface area contributed by atoms with Gasteiger partial charge in [0.05, 0.1) is 19.3 Å². The van der Waals surface area contributed by atoms with Crippen molar-refractivity contribution in [2.24, 2.45) is 5.73 Å². The smallest absolute Gasteiger partial charge is 0.165 e. The van der Waals surface area contributed by atoms with Crippen molar-refractivity contribution >= 4 is 0 Å². The zero-order valence-corrected chi connectivity index (χ0v) is 12.2. The summed E-state index contributed by atoms with van der Waals surface area (Å²) in [7, 11) is 1.46. The number of rotatable bonds is 5. The van der Waals surface area contributed by atoms with E-state index in [9.17, 15) is 4.39 Å². The van der Waals surface area contributed by atoms with Crippen LogP contribution in [0.3, 0.4) is 0 Å². The number of ether oxygens (including phenoxy) is 2. The number of halogens is 1. The topological polar surface area (TPSA) is 44.5 Å². The Bertz CT molecular complexity index is 428. The Morgan fingerprint density at radius 1 is 1.20 bits per heavy atom. The lowest BCUT2D eigenvalue weighted by atomic mass is 9.94. The second-order valence-corrected chi connectivity index (χ2v) is 5.56. The molecular formula is C16H24FNO2. The third kappa shape index (κ3) is 3.70. The van der Waals surface area contributed by atoms with Crippen LogP contribution in [-0.2, 0) is 11.3 Å². The Balaban J connectivity index is 2.00. The van der Waals surface area contributed by atoms with E-state index in [1.165, 1.54) is 26.0 Å². The molecule has 0 spiro atoms. The van der Waals surface area contributed by atoms with Gasteiger partial charge in [0.2, 0.25) is 0 Å². The number of hydrogen-bond donors (Lipinski definition) is 1. The highest BCUT2D eigenvalue weighted by Crippen LogP contribution is 2.31. The van der Waals surface area contributed by atoms with Crippen LogP contribution in [0, 0.1) is 5.82 Å². The maximum atomic E-state index is 13.7. The van der Waals surface area contributed by atoms with Gasteiger partial charge >= 0.3 is 0 Å². The summed E-state index contributed by atoms with van der Waals surface area (Å²) in [6, 6.07) is 4.94. The SMILES string of the molecule is COc1ccc(COC2(CN)CCCCCC2)cc1F. The van der Waals surface area contributed by atoms with Crippen LogP contribution in [0.2, 0.25) is 0 Å². The van der Waals surface area contributed by atoms with Gasteiger partial charge in [-0.15, -0.1) is 0 Å². The maximum Gasteiger partial charge on any atom is 0.165 e.